The van der Waals surface area contributed by atoms with Gasteiger partial charge in [-0.1, -0.05) is 12.1 Å². The second-order valence-electron chi connectivity index (χ2n) is 4.63. The summed E-state index contributed by atoms with van der Waals surface area (Å²) >= 11 is 1.68. The molecule has 0 unspecified atom stereocenters. The monoisotopic (exact) mass is 261 g/mol. The average Bonchev–Trinajstić information content (AvgIpc) is 2.82. The van der Waals surface area contributed by atoms with Gasteiger partial charge in [-0.2, -0.15) is 0 Å². The smallest absolute Gasteiger partial charge is 0.0933 e. The fourth-order valence-corrected chi connectivity index (χ4v) is 2.85. The molecule has 0 amide bonds. The number of rotatable bonds is 4. The molecule has 1 aromatic carbocycles. The van der Waals surface area contributed by atoms with Crippen molar-refractivity contribution >= 4 is 11.3 Å². The van der Waals surface area contributed by atoms with E-state index in [0.717, 1.165) is 23.5 Å². The molecule has 2 nitrogen and oxygen atoms in total. The largest absolute Gasteiger partial charge is 0.396 e. The minimum atomic E-state index is 0.234. The van der Waals surface area contributed by atoms with Crippen molar-refractivity contribution in [2.75, 3.05) is 6.61 Å². The van der Waals surface area contributed by atoms with Crippen LogP contribution in [0.15, 0.2) is 17.5 Å². The fraction of sp³-hybridized carbons (Fsp3) is 0.400. The third-order valence-corrected chi connectivity index (χ3v) is 4.34. The standard InChI is InChI=1S/C15H19NOS/c1-10-6-7-13(12(3)11(10)2)14-9-18-15(16-14)5-4-8-17/h6-7,9,17H,4-5,8H2,1-3H3. The van der Waals surface area contributed by atoms with E-state index in [9.17, 15) is 0 Å². The Hall–Kier alpha value is -1.19. The zero-order valence-electron chi connectivity index (χ0n) is 11.2. The molecule has 18 heavy (non-hydrogen) atoms. The van der Waals surface area contributed by atoms with Gasteiger partial charge < -0.3 is 5.11 Å². The Kier molecular flexibility index (Phi) is 4.15. The van der Waals surface area contributed by atoms with Crippen LogP contribution in [-0.4, -0.2) is 16.7 Å². The molecule has 0 aliphatic heterocycles. The molecule has 2 aromatic rings. The number of aryl methyl sites for hydroxylation is 2. The van der Waals surface area contributed by atoms with Crippen LogP contribution in [0.2, 0.25) is 0 Å². The minimum absolute atomic E-state index is 0.234. The number of hydrogen-bond acceptors (Lipinski definition) is 3. The third-order valence-electron chi connectivity index (χ3n) is 3.43. The van der Waals surface area contributed by atoms with E-state index >= 15 is 0 Å². The van der Waals surface area contributed by atoms with Crippen LogP contribution in [-0.2, 0) is 6.42 Å². The number of thiazole rings is 1. The molecule has 3 heteroatoms. The molecule has 96 valence electrons. The highest BCUT2D eigenvalue weighted by molar-refractivity contribution is 7.09. The fourth-order valence-electron chi connectivity index (χ4n) is 2.01. The summed E-state index contributed by atoms with van der Waals surface area (Å²) in [4.78, 5) is 4.66. The van der Waals surface area contributed by atoms with Gasteiger partial charge >= 0.3 is 0 Å². The Morgan fingerprint density at radius 3 is 2.67 bits per heavy atom. The van der Waals surface area contributed by atoms with E-state index in [2.05, 4.69) is 43.3 Å². The second kappa shape index (κ2) is 5.63. The molecule has 0 atom stereocenters. The zero-order chi connectivity index (χ0) is 13.1. The van der Waals surface area contributed by atoms with Gasteiger partial charge in [0.2, 0.25) is 0 Å². The van der Waals surface area contributed by atoms with Crippen molar-refractivity contribution in [3.8, 4) is 11.3 Å². The maximum atomic E-state index is 8.84. The number of hydrogen-bond donors (Lipinski definition) is 1. The van der Waals surface area contributed by atoms with Gasteiger partial charge in [0.15, 0.2) is 0 Å². The molecular weight excluding hydrogens is 242 g/mol. The lowest BCUT2D eigenvalue weighted by atomic mass is 9.97. The van der Waals surface area contributed by atoms with E-state index in [0.29, 0.717) is 0 Å². The molecule has 0 fully saturated rings. The first-order valence-corrected chi connectivity index (χ1v) is 7.14. The first-order chi connectivity index (χ1) is 8.63. The summed E-state index contributed by atoms with van der Waals surface area (Å²) in [5, 5.41) is 12.1. The molecule has 1 aromatic heterocycles. The van der Waals surface area contributed by atoms with Gasteiger partial charge in [-0.15, -0.1) is 11.3 Å². The molecule has 0 saturated carbocycles. The van der Waals surface area contributed by atoms with Crippen LogP contribution in [0, 0.1) is 20.8 Å². The van der Waals surface area contributed by atoms with Crippen LogP contribution in [0.1, 0.15) is 28.1 Å². The van der Waals surface area contributed by atoms with Gasteiger partial charge in [-0.25, -0.2) is 4.98 Å². The molecule has 0 bridgehead atoms. The predicted molar refractivity (Wildman–Crippen MR) is 77.2 cm³/mol. The van der Waals surface area contributed by atoms with Gasteiger partial charge in [0.25, 0.3) is 0 Å². The van der Waals surface area contributed by atoms with Crippen LogP contribution in [0.3, 0.4) is 0 Å². The van der Waals surface area contributed by atoms with Crippen molar-refractivity contribution in [3.05, 3.63) is 39.2 Å². The molecule has 0 aliphatic carbocycles. The van der Waals surface area contributed by atoms with Crippen molar-refractivity contribution in [2.45, 2.75) is 33.6 Å². The van der Waals surface area contributed by atoms with Crippen LogP contribution >= 0.6 is 11.3 Å². The first-order valence-electron chi connectivity index (χ1n) is 6.26. The van der Waals surface area contributed by atoms with E-state index in [1.54, 1.807) is 11.3 Å². The number of aliphatic hydroxyl groups excluding tert-OH is 1. The average molecular weight is 261 g/mol. The number of aliphatic hydroxyl groups is 1. The summed E-state index contributed by atoms with van der Waals surface area (Å²) < 4.78 is 0. The van der Waals surface area contributed by atoms with E-state index in [1.807, 2.05) is 0 Å². The van der Waals surface area contributed by atoms with E-state index in [4.69, 9.17) is 5.11 Å². The van der Waals surface area contributed by atoms with Crippen LogP contribution in [0.5, 0.6) is 0 Å². The van der Waals surface area contributed by atoms with Crippen molar-refractivity contribution < 1.29 is 5.11 Å². The molecule has 0 radical (unpaired) electrons. The Labute approximate surface area is 112 Å². The predicted octanol–water partition coefficient (Wildman–Crippen LogP) is 3.66. The maximum absolute atomic E-state index is 8.84. The maximum Gasteiger partial charge on any atom is 0.0933 e. The molecule has 0 aliphatic rings. The normalized spacial score (nSPS) is 10.9. The quantitative estimate of drug-likeness (QED) is 0.911. The van der Waals surface area contributed by atoms with Crippen molar-refractivity contribution in [1.29, 1.82) is 0 Å². The van der Waals surface area contributed by atoms with Gasteiger partial charge in [-0.05, 0) is 43.9 Å². The Morgan fingerprint density at radius 1 is 1.17 bits per heavy atom. The molecule has 0 saturated heterocycles. The summed E-state index contributed by atoms with van der Waals surface area (Å²) in [5.41, 5.74) is 6.27. The Bertz CT molecular complexity index is 545. The highest BCUT2D eigenvalue weighted by Gasteiger charge is 2.09. The van der Waals surface area contributed by atoms with Crippen LogP contribution in [0.4, 0.5) is 0 Å². The lowest BCUT2D eigenvalue weighted by Crippen LogP contribution is -1.92. The molecule has 0 spiro atoms. The van der Waals surface area contributed by atoms with Crippen molar-refractivity contribution in [2.24, 2.45) is 0 Å². The minimum Gasteiger partial charge on any atom is -0.396 e. The van der Waals surface area contributed by atoms with Crippen molar-refractivity contribution in [3.63, 3.8) is 0 Å². The first kappa shape index (κ1) is 13.2. The van der Waals surface area contributed by atoms with Crippen molar-refractivity contribution in [1.82, 2.24) is 4.98 Å². The van der Waals surface area contributed by atoms with Gasteiger partial charge in [0, 0.05) is 24.0 Å². The van der Waals surface area contributed by atoms with E-state index in [-0.39, 0.29) is 6.61 Å². The van der Waals surface area contributed by atoms with Gasteiger partial charge in [0.05, 0.1) is 10.7 Å². The van der Waals surface area contributed by atoms with Gasteiger partial charge in [0.1, 0.15) is 0 Å². The lowest BCUT2D eigenvalue weighted by molar-refractivity contribution is 0.288. The highest BCUT2D eigenvalue weighted by Crippen LogP contribution is 2.28. The molecule has 1 N–H and O–H groups in total. The number of nitrogens with zero attached hydrogens (tertiary/aromatic N) is 1. The Balaban J connectivity index is 2.31. The molecule has 2 rings (SSSR count). The number of benzene rings is 1. The third kappa shape index (κ3) is 2.62. The summed E-state index contributed by atoms with van der Waals surface area (Å²) in [5.74, 6) is 0. The summed E-state index contributed by atoms with van der Waals surface area (Å²) in [7, 11) is 0. The summed E-state index contributed by atoms with van der Waals surface area (Å²) in [6.07, 6.45) is 1.66. The van der Waals surface area contributed by atoms with Gasteiger partial charge in [-0.3, -0.25) is 0 Å². The highest BCUT2D eigenvalue weighted by atomic mass is 32.1. The SMILES string of the molecule is Cc1ccc(-c2csc(CCCO)n2)c(C)c1C. The molecule has 1 heterocycles. The Morgan fingerprint density at radius 2 is 1.94 bits per heavy atom. The topological polar surface area (TPSA) is 33.1 Å². The summed E-state index contributed by atoms with van der Waals surface area (Å²) in [6, 6.07) is 4.31. The van der Waals surface area contributed by atoms with Crippen LogP contribution < -0.4 is 0 Å². The molecular formula is C15H19NOS. The number of aromatic nitrogens is 1. The van der Waals surface area contributed by atoms with E-state index in [1.165, 1.54) is 22.3 Å². The zero-order valence-corrected chi connectivity index (χ0v) is 12.0. The van der Waals surface area contributed by atoms with Crippen LogP contribution in [0.25, 0.3) is 11.3 Å². The second-order valence-corrected chi connectivity index (χ2v) is 5.58. The summed E-state index contributed by atoms with van der Waals surface area (Å²) in [6.45, 7) is 6.69. The van der Waals surface area contributed by atoms with E-state index < -0.39 is 0 Å². The lowest BCUT2D eigenvalue weighted by Gasteiger charge is -2.09.